The molecule has 0 radical (unpaired) electrons. The monoisotopic (exact) mass is 345 g/mol. The molecule has 1 heterocycles. The highest BCUT2D eigenvalue weighted by molar-refractivity contribution is 7.99. The largest absolute Gasteiger partial charge is 0.497 e. The molecule has 23 heavy (non-hydrogen) atoms. The van der Waals surface area contributed by atoms with Gasteiger partial charge in [0.1, 0.15) is 5.75 Å². The topological polar surface area (TPSA) is 50.8 Å². The highest BCUT2D eigenvalue weighted by Crippen LogP contribution is 2.36. The molecule has 3 rings (SSSR count). The van der Waals surface area contributed by atoms with E-state index in [1.165, 1.54) is 0 Å². The third-order valence-corrected chi connectivity index (χ3v) is 4.80. The number of aromatic nitrogens is 3. The van der Waals surface area contributed by atoms with Gasteiger partial charge in [-0.1, -0.05) is 41.6 Å². The summed E-state index contributed by atoms with van der Waals surface area (Å²) < 4.78 is 5.16. The lowest BCUT2D eigenvalue weighted by Gasteiger charge is -2.10. The van der Waals surface area contributed by atoms with Crippen molar-refractivity contribution in [2.45, 2.75) is 17.3 Å². The molecule has 2 aromatic carbocycles. The van der Waals surface area contributed by atoms with Crippen molar-refractivity contribution in [1.29, 1.82) is 0 Å². The van der Waals surface area contributed by atoms with Gasteiger partial charge in [0.15, 0.2) is 5.82 Å². The van der Waals surface area contributed by atoms with Crippen LogP contribution in [0.3, 0.4) is 0 Å². The molecular weight excluding hydrogens is 330 g/mol. The first-order valence-corrected chi connectivity index (χ1v) is 8.41. The van der Waals surface area contributed by atoms with Crippen LogP contribution in [0.15, 0.2) is 53.7 Å². The predicted octanol–water partition coefficient (Wildman–Crippen LogP) is 4.99. The summed E-state index contributed by atoms with van der Waals surface area (Å²) in [4.78, 5) is 4.54. The molecule has 6 heteroatoms. The first-order chi connectivity index (χ1) is 11.2. The van der Waals surface area contributed by atoms with Gasteiger partial charge in [-0.2, -0.15) is 0 Å². The summed E-state index contributed by atoms with van der Waals surface area (Å²) in [6, 6.07) is 15.5. The zero-order valence-corrected chi connectivity index (χ0v) is 14.4. The number of ether oxygens (including phenoxy) is 1. The molecule has 1 aromatic heterocycles. The van der Waals surface area contributed by atoms with Crippen LogP contribution in [0.5, 0.6) is 5.75 Å². The third-order valence-electron chi connectivity index (χ3n) is 3.45. The van der Waals surface area contributed by atoms with Crippen LogP contribution >= 0.6 is 23.4 Å². The Hall–Kier alpha value is -1.98. The Bertz CT molecular complexity index is 789. The molecule has 3 aromatic rings. The van der Waals surface area contributed by atoms with E-state index in [2.05, 4.69) is 22.1 Å². The molecule has 0 fully saturated rings. The molecule has 0 saturated heterocycles. The summed E-state index contributed by atoms with van der Waals surface area (Å²) in [5, 5.41) is 8.89. The number of halogens is 1. The molecule has 118 valence electrons. The van der Waals surface area contributed by atoms with E-state index in [-0.39, 0.29) is 5.25 Å². The van der Waals surface area contributed by atoms with Crippen LogP contribution < -0.4 is 4.74 Å². The van der Waals surface area contributed by atoms with Gasteiger partial charge in [0, 0.05) is 15.8 Å². The van der Waals surface area contributed by atoms with Crippen LogP contribution in [0.25, 0.3) is 11.4 Å². The number of nitrogens with zero attached hydrogens (tertiary/aromatic N) is 2. The van der Waals surface area contributed by atoms with E-state index in [1.54, 1.807) is 18.9 Å². The smallest absolute Gasteiger partial charge is 0.209 e. The summed E-state index contributed by atoms with van der Waals surface area (Å²) in [5.74, 6) is 1.55. The Kier molecular flexibility index (Phi) is 4.88. The van der Waals surface area contributed by atoms with Crippen LogP contribution in [-0.2, 0) is 0 Å². The van der Waals surface area contributed by atoms with E-state index in [1.807, 2.05) is 48.5 Å². The van der Waals surface area contributed by atoms with Crippen molar-refractivity contribution in [1.82, 2.24) is 15.2 Å². The van der Waals surface area contributed by atoms with Crippen molar-refractivity contribution in [2.24, 2.45) is 0 Å². The van der Waals surface area contributed by atoms with E-state index in [9.17, 15) is 0 Å². The van der Waals surface area contributed by atoms with Crippen molar-refractivity contribution in [3.63, 3.8) is 0 Å². The molecule has 0 aliphatic heterocycles. The fourth-order valence-electron chi connectivity index (χ4n) is 2.20. The number of benzene rings is 2. The molecule has 1 atom stereocenters. The summed E-state index contributed by atoms with van der Waals surface area (Å²) in [6.07, 6.45) is 0. The maximum atomic E-state index is 6.24. The van der Waals surface area contributed by atoms with Crippen molar-refractivity contribution in [3.05, 3.63) is 59.1 Å². The van der Waals surface area contributed by atoms with E-state index in [0.29, 0.717) is 5.16 Å². The molecule has 4 nitrogen and oxygen atoms in total. The molecule has 0 spiro atoms. The molecule has 1 unspecified atom stereocenters. The maximum absolute atomic E-state index is 6.24. The number of hydrogen-bond donors (Lipinski definition) is 1. The quantitative estimate of drug-likeness (QED) is 0.662. The van der Waals surface area contributed by atoms with E-state index in [0.717, 1.165) is 27.7 Å². The predicted molar refractivity (Wildman–Crippen MR) is 94.1 cm³/mol. The number of H-pyrrole nitrogens is 1. The number of thioether (sulfide) groups is 1. The number of nitrogens with one attached hydrogen (secondary N) is 1. The van der Waals surface area contributed by atoms with Gasteiger partial charge in [-0.05, 0) is 42.8 Å². The van der Waals surface area contributed by atoms with Crippen LogP contribution in [0.1, 0.15) is 17.7 Å². The molecule has 0 amide bonds. The second-order valence-corrected chi connectivity index (χ2v) is 6.69. The summed E-state index contributed by atoms with van der Waals surface area (Å²) in [6.45, 7) is 2.09. The Labute approximate surface area is 144 Å². The molecule has 0 bridgehead atoms. The minimum absolute atomic E-state index is 0.170. The first-order valence-electron chi connectivity index (χ1n) is 7.15. The molecule has 0 aliphatic carbocycles. The van der Waals surface area contributed by atoms with Gasteiger partial charge in [-0.15, -0.1) is 5.10 Å². The Morgan fingerprint density at radius 3 is 2.57 bits per heavy atom. The first kappa shape index (κ1) is 15.9. The number of aromatic amines is 1. The van der Waals surface area contributed by atoms with Gasteiger partial charge in [0.25, 0.3) is 0 Å². The highest BCUT2D eigenvalue weighted by Gasteiger charge is 2.14. The number of hydrogen-bond acceptors (Lipinski definition) is 4. The molecule has 0 saturated carbocycles. The zero-order valence-electron chi connectivity index (χ0n) is 12.8. The van der Waals surface area contributed by atoms with Gasteiger partial charge >= 0.3 is 0 Å². The van der Waals surface area contributed by atoms with Crippen LogP contribution in [-0.4, -0.2) is 22.3 Å². The van der Waals surface area contributed by atoms with Gasteiger partial charge < -0.3 is 4.74 Å². The number of methoxy groups -OCH3 is 1. The Morgan fingerprint density at radius 1 is 1.13 bits per heavy atom. The average molecular weight is 346 g/mol. The SMILES string of the molecule is COc1ccc(-c2nc(SC(C)c3ccccc3Cl)n[nH]2)cc1. The van der Waals surface area contributed by atoms with Crippen LogP contribution in [0.2, 0.25) is 5.02 Å². The summed E-state index contributed by atoms with van der Waals surface area (Å²) >= 11 is 7.81. The second-order valence-electron chi connectivity index (χ2n) is 4.98. The maximum Gasteiger partial charge on any atom is 0.209 e. The third kappa shape index (κ3) is 3.68. The number of rotatable bonds is 5. The zero-order chi connectivity index (χ0) is 16.2. The standard InChI is InChI=1S/C17H16ClN3OS/c1-11(14-5-3-4-6-15(14)18)23-17-19-16(20-21-17)12-7-9-13(22-2)10-8-12/h3-11H,1-2H3,(H,19,20,21). The average Bonchev–Trinajstić information content (AvgIpc) is 3.03. The molecular formula is C17H16ClN3OS. The van der Waals surface area contributed by atoms with E-state index in [4.69, 9.17) is 16.3 Å². The van der Waals surface area contributed by atoms with E-state index < -0.39 is 0 Å². The lowest BCUT2D eigenvalue weighted by atomic mass is 10.2. The van der Waals surface area contributed by atoms with Crippen molar-refractivity contribution in [3.8, 4) is 17.1 Å². The highest BCUT2D eigenvalue weighted by atomic mass is 35.5. The normalized spacial score (nSPS) is 12.1. The van der Waals surface area contributed by atoms with Crippen molar-refractivity contribution in [2.75, 3.05) is 7.11 Å². The van der Waals surface area contributed by atoms with Gasteiger partial charge in [-0.25, -0.2) is 4.98 Å². The van der Waals surface area contributed by atoms with Gasteiger partial charge in [-0.3, -0.25) is 5.10 Å². The van der Waals surface area contributed by atoms with E-state index >= 15 is 0 Å². The van der Waals surface area contributed by atoms with Crippen molar-refractivity contribution < 1.29 is 4.74 Å². The minimum Gasteiger partial charge on any atom is -0.497 e. The Balaban J connectivity index is 1.75. The van der Waals surface area contributed by atoms with Crippen LogP contribution in [0.4, 0.5) is 0 Å². The Morgan fingerprint density at radius 2 is 1.87 bits per heavy atom. The minimum atomic E-state index is 0.170. The van der Waals surface area contributed by atoms with Crippen LogP contribution in [0, 0.1) is 0 Å². The molecule has 1 N–H and O–H groups in total. The van der Waals surface area contributed by atoms with Gasteiger partial charge in [0.2, 0.25) is 5.16 Å². The lowest BCUT2D eigenvalue weighted by molar-refractivity contribution is 0.415. The summed E-state index contributed by atoms with van der Waals surface area (Å²) in [5.41, 5.74) is 2.05. The lowest BCUT2D eigenvalue weighted by Crippen LogP contribution is -1.90. The van der Waals surface area contributed by atoms with Crippen molar-refractivity contribution >= 4 is 23.4 Å². The molecule has 0 aliphatic rings. The fourth-order valence-corrected chi connectivity index (χ4v) is 3.46. The second kappa shape index (κ2) is 7.06. The van der Waals surface area contributed by atoms with Gasteiger partial charge in [0.05, 0.1) is 7.11 Å². The summed E-state index contributed by atoms with van der Waals surface area (Å²) in [7, 11) is 1.65. The fraction of sp³-hybridized carbons (Fsp3) is 0.176.